The molecule has 1 N–H and O–H groups in total. The summed E-state index contributed by atoms with van der Waals surface area (Å²) >= 11 is 0. The first kappa shape index (κ1) is 11.6. The van der Waals surface area contributed by atoms with E-state index in [1.54, 1.807) is 0 Å². The van der Waals surface area contributed by atoms with Gasteiger partial charge in [0.15, 0.2) is 11.5 Å². The van der Waals surface area contributed by atoms with E-state index >= 15 is 0 Å². The van der Waals surface area contributed by atoms with Crippen molar-refractivity contribution in [1.82, 2.24) is 4.98 Å². The molecule has 0 bridgehead atoms. The number of hydrogen-bond donors (Lipinski definition) is 1. The molecule has 1 saturated carbocycles. The lowest BCUT2D eigenvalue weighted by Gasteiger charge is -2.15. The molecule has 3 rings (SSSR count). The smallest absolute Gasteiger partial charge is 0.198 e. The van der Waals surface area contributed by atoms with Gasteiger partial charge in [0, 0.05) is 17.6 Å². The van der Waals surface area contributed by atoms with Crippen LogP contribution in [0.3, 0.4) is 0 Å². The lowest BCUT2D eigenvalue weighted by molar-refractivity contribution is 0.533. The van der Waals surface area contributed by atoms with Crippen LogP contribution in [-0.4, -0.2) is 11.0 Å². The van der Waals surface area contributed by atoms with E-state index in [-0.39, 0.29) is 0 Å². The maximum Gasteiger partial charge on any atom is 0.198 e. The average molecular weight is 244 g/mol. The number of rotatable bonds is 5. The van der Waals surface area contributed by atoms with E-state index in [4.69, 9.17) is 4.42 Å². The van der Waals surface area contributed by atoms with Crippen molar-refractivity contribution in [3.8, 4) is 0 Å². The zero-order valence-corrected chi connectivity index (χ0v) is 11.1. The van der Waals surface area contributed by atoms with Gasteiger partial charge >= 0.3 is 0 Å². The topological polar surface area (TPSA) is 38.1 Å². The number of oxazole rings is 1. The molecular formula is C15H20N2O. The fourth-order valence-electron chi connectivity index (χ4n) is 2.27. The van der Waals surface area contributed by atoms with Crippen molar-refractivity contribution in [2.24, 2.45) is 0 Å². The number of anilines is 1. The highest BCUT2D eigenvalue weighted by Crippen LogP contribution is 2.40. The van der Waals surface area contributed by atoms with Gasteiger partial charge in [0.25, 0.3) is 0 Å². The second-order valence-electron chi connectivity index (χ2n) is 5.17. The maximum atomic E-state index is 5.77. The Hall–Kier alpha value is -1.51. The number of nitrogens with one attached hydrogen (secondary N) is 1. The third-order valence-electron chi connectivity index (χ3n) is 3.69. The van der Waals surface area contributed by atoms with E-state index in [0.717, 1.165) is 35.5 Å². The van der Waals surface area contributed by atoms with Crippen LogP contribution in [0.2, 0.25) is 0 Å². The summed E-state index contributed by atoms with van der Waals surface area (Å²) in [5.74, 6) is 1.50. The normalized spacial score (nSPS) is 15.5. The van der Waals surface area contributed by atoms with Crippen LogP contribution in [0.5, 0.6) is 0 Å². The summed E-state index contributed by atoms with van der Waals surface area (Å²) in [6, 6.07) is 6.75. The number of aromatic nitrogens is 1. The van der Waals surface area contributed by atoms with Crippen molar-refractivity contribution in [2.75, 3.05) is 5.32 Å². The molecule has 0 spiro atoms. The van der Waals surface area contributed by atoms with E-state index in [2.05, 4.69) is 36.3 Å². The van der Waals surface area contributed by atoms with Gasteiger partial charge < -0.3 is 9.73 Å². The molecule has 0 unspecified atom stereocenters. The highest BCUT2D eigenvalue weighted by molar-refractivity contribution is 5.77. The molecule has 0 radical (unpaired) electrons. The van der Waals surface area contributed by atoms with Gasteiger partial charge in [-0.15, -0.1) is 0 Å². The summed E-state index contributed by atoms with van der Waals surface area (Å²) in [7, 11) is 0. The number of fused-ring (bicyclic) bond motifs is 1. The highest BCUT2D eigenvalue weighted by Gasteiger charge is 2.28. The van der Waals surface area contributed by atoms with Gasteiger partial charge in [-0.25, -0.2) is 4.98 Å². The lowest BCUT2D eigenvalue weighted by atomic mass is 10.1. The third kappa shape index (κ3) is 2.22. The van der Waals surface area contributed by atoms with Crippen molar-refractivity contribution in [2.45, 2.75) is 51.5 Å². The molecule has 1 heterocycles. The van der Waals surface area contributed by atoms with Crippen LogP contribution in [0, 0.1) is 0 Å². The Labute approximate surface area is 108 Å². The summed E-state index contributed by atoms with van der Waals surface area (Å²) in [6.07, 6.45) is 4.73. The SMILES string of the molecule is CCC(CC)Nc1ccc2oc(C3CC3)nc2c1. The predicted octanol–water partition coefficient (Wildman–Crippen LogP) is 4.31. The highest BCUT2D eigenvalue weighted by atomic mass is 16.3. The van der Waals surface area contributed by atoms with Crippen LogP contribution >= 0.6 is 0 Å². The first-order valence-corrected chi connectivity index (χ1v) is 6.97. The van der Waals surface area contributed by atoms with E-state index in [0.29, 0.717) is 12.0 Å². The summed E-state index contributed by atoms with van der Waals surface area (Å²) in [4.78, 5) is 4.59. The van der Waals surface area contributed by atoms with E-state index in [1.807, 2.05) is 6.07 Å². The molecule has 1 aliphatic rings. The Kier molecular flexibility index (Phi) is 2.98. The number of hydrogen-bond acceptors (Lipinski definition) is 3. The Morgan fingerprint density at radius 1 is 1.33 bits per heavy atom. The van der Waals surface area contributed by atoms with E-state index in [9.17, 15) is 0 Å². The largest absolute Gasteiger partial charge is 0.440 e. The van der Waals surface area contributed by atoms with Crippen LogP contribution in [-0.2, 0) is 0 Å². The van der Waals surface area contributed by atoms with E-state index < -0.39 is 0 Å². The molecule has 3 nitrogen and oxygen atoms in total. The summed E-state index contributed by atoms with van der Waals surface area (Å²) in [5, 5.41) is 3.54. The third-order valence-corrected chi connectivity index (χ3v) is 3.69. The second-order valence-corrected chi connectivity index (χ2v) is 5.17. The monoisotopic (exact) mass is 244 g/mol. The fourth-order valence-corrected chi connectivity index (χ4v) is 2.27. The molecule has 3 heteroatoms. The molecule has 1 aromatic carbocycles. The molecule has 0 amide bonds. The van der Waals surface area contributed by atoms with Gasteiger partial charge in [-0.2, -0.15) is 0 Å². The number of benzene rings is 1. The Bertz CT molecular complexity index is 538. The Balaban J connectivity index is 1.85. The molecule has 0 aliphatic heterocycles. The van der Waals surface area contributed by atoms with Crippen molar-refractivity contribution in [3.05, 3.63) is 24.1 Å². The van der Waals surface area contributed by atoms with Crippen LogP contribution in [0.1, 0.15) is 51.3 Å². The van der Waals surface area contributed by atoms with E-state index in [1.165, 1.54) is 12.8 Å². The molecule has 18 heavy (non-hydrogen) atoms. The molecule has 0 atom stereocenters. The zero-order chi connectivity index (χ0) is 12.5. The van der Waals surface area contributed by atoms with Crippen LogP contribution in [0.15, 0.2) is 22.6 Å². The van der Waals surface area contributed by atoms with Gasteiger partial charge in [0.05, 0.1) is 0 Å². The van der Waals surface area contributed by atoms with Gasteiger partial charge in [0.1, 0.15) is 5.52 Å². The summed E-state index contributed by atoms with van der Waals surface area (Å²) in [5.41, 5.74) is 3.03. The van der Waals surface area contributed by atoms with Crippen molar-refractivity contribution in [3.63, 3.8) is 0 Å². The minimum Gasteiger partial charge on any atom is -0.440 e. The van der Waals surface area contributed by atoms with Crippen molar-refractivity contribution >= 4 is 16.8 Å². The molecule has 1 fully saturated rings. The lowest BCUT2D eigenvalue weighted by Crippen LogP contribution is -2.16. The van der Waals surface area contributed by atoms with Crippen LogP contribution in [0.25, 0.3) is 11.1 Å². The van der Waals surface area contributed by atoms with Crippen LogP contribution < -0.4 is 5.32 Å². The minimum absolute atomic E-state index is 0.539. The standard InChI is InChI=1S/C15H20N2O/c1-3-11(4-2)16-12-7-8-14-13(9-12)17-15(18-14)10-5-6-10/h7-11,16H,3-6H2,1-2H3. The molecule has 0 saturated heterocycles. The Morgan fingerprint density at radius 3 is 2.78 bits per heavy atom. The van der Waals surface area contributed by atoms with Gasteiger partial charge in [-0.3, -0.25) is 0 Å². The predicted molar refractivity (Wildman–Crippen MR) is 74.0 cm³/mol. The quantitative estimate of drug-likeness (QED) is 0.851. The van der Waals surface area contributed by atoms with Crippen molar-refractivity contribution in [1.29, 1.82) is 0 Å². The zero-order valence-electron chi connectivity index (χ0n) is 11.1. The van der Waals surface area contributed by atoms with Crippen LogP contribution in [0.4, 0.5) is 5.69 Å². The van der Waals surface area contributed by atoms with Crippen molar-refractivity contribution < 1.29 is 4.42 Å². The minimum atomic E-state index is 0.539. The summed E-state index contributed by atoms with van der Waals surface area (Å²) < 4.78 is 5.77. The number of nitrogens with zero attached hydrogens (tertiary/aromatic N) is 1. The summed E-state index contributed by atoms with van der Waals surface area (Å²) in [6.45, 7) is 4.42. The first-order valence-electron chi connectivity index (χ1n) is 6.97. The molecular weight excluding hydrogens is 224 g/mol. The molecule has 96 valence electrons. The van der Waals surface area contributed by atoms with Gasteiger partial charge in [0.2, 0.25) is 0 Å². The molecule has 1 aliphatic carbocycles. The molecule has 2 aromatic rings. The molecule has 1 aromatic heterocycles. The van der Waals surface area contributed by atoms with Gasteiger partial charge in [-0.1, -0.05) is 13.8 Å². The fraction of sp³-hybridized carbons (Fsp3) is 0.533. The Morgan fingerprint density at radius 2 is 2.11 bits per heavy atom. The first-order chi connectivity index (χ1) is 8.80. The second kappa shape index (κ2) is 4.63. The van der Waals surface area contributed by atoms with Gasteiger partial charge in [-0.05, 0) is 43.9 Å². The average Bonchev–Trinajstić information content (AvgIpc) is 3.16. The maximum absolute atomic E-state index is 5.77.